The lowest BCUT2D eigenvalue weighted by Crippen LogP contribution is -2.37. The molecule has 3 N–H and O–H groups in total. The summed E-state index contributed by atoms with van der Waals surface area (Å²) < 4.78 is 2.10. The van der Waals surface area contributed by atoms with Crippen molar-refractivity contribution in [2.24, 2.45) is 11.8 Å². The van der Waals surface area contributed by atoms with Crippen LogP contribution in [0, 0.1) is 11.8 Å². The Labute approximate surface area is 180 Å². The van der Waals surface area contributed by atoms with Crippen molar-refractivity contribution in [3.63, 3.8) is 0 Å². The fourth-order valence-corrected chi connectivity index (χ4v) is 5.48. The van der Waals surface area contributed by atoms with Crippen LogP contribution >= 0.6 is 0 Å². The summed E-state index contributed by atoms with van der Waals surface area (Å²) in [5.74, 6) is 1.01. The molecule has 0 saturated heterocycles. The van der Waals surface area contributed by atoms with Crippen LogP contribution < -0.4 is 5.32 Å². The number of nitrogens with one attached hydrogen (secondary N) is 1. The Balaban J connectivity index is 1.58. The van der Waals surface area contributed by atoms with Gasteiger partial charge in [0, 0.05) is 17.4 Å². The molecule has 0 aliphatic heterocycles. The van der Waals surface area contributed by atoms with Crippen LogP contribution in [-0.2, 0) is 5.54 Å². The predicted molar refractivity (Wildman–Crippen MR) is 120 cm³/mol. The third kappa shape index (κ3) is 2.58. The summed E-state index contributed by atoms with van der Waals surface area (Å²) in [7, 11) is 0. The maximum Gasteiger partial charge on any atom is 0.146 e. The van der Waals surface area contributed by atoms with Gasteiger partial charge in [-0.2, -0.15) is 0 Å². The normalized spacial score (nSPS) is 29.1. The third-order valence-electron chi connectivity index (χ3n) is 7.19. The van der Waals surface area contributed by atoms with Crippen molar-refractivity contribution < 1.29 is 10.2 Å². The summed E-state index contributed by atoms with van der Waals surface area (Å²) in [6.07, 6.45) is 2.95. The number of hydrogen-bond donors (Lipinski definition) is 3. The number of nitrogens with zero attached hydrogens (tertiary/aromatic N) is 3. The van der Waals surface area contributed by atoms with E-state index in [0.717, 1.165) is 40.1 Å². The van der Waals surface area contributed by atoms with E-state index in [1.807, 2.05) is 55.5 Å². The fraction of sp³-hybridized carbons (Fsp3) is 0.280. The van der Waals surface area contributed by atoms with Crippen LogP contribution in [0.1, 0.15) is 13.3 Å². The van der Waals surface area contributed by atoms with Crippen molar-refractivity contribution >= 4 is 22.5 Å². The SMILES string of the molecule is C[C@@H]1C(O)[C@H](O)[C@@]2(n3cc(-c4ccccc4)c4c(Nc5ccccc5)ncnc43)C[C@@H]12. The van der Waals surface area contributed by atoms with E-state index in [2.05, 4.69) is 38.2 Å². The molecule has 0 amide bonds. The average molecular weight is 412 g/mol. The van der Waals surface area contributed by atoms with Gasteiger partial charge in [-0.3, -0.25) is 0 Å². The van der Waals surface area contributed by atoms with Gasteiger partial charge in [0.25, 0.3) is 0 Å². The van der Waals surface area contributed by atoms with Crippen molar-refractivity contribution in [1.82, 2.24) is 14.5 Å². The van der Waals surface area contributed by atoms with Crippen LogP contribution in [-0.4, -0.2) is 37.0 Å². The van der Waals surface area contributed by atoms with Gasteiger partial charge in [-0.05, 0) is 36.0 Å². The highest BCUT2D eigenvalue weighted by atomic mass is 16.3. The number of para-hydroxylation sites is 1. The van der Waals surface area contributed by atoms with Crippen molar-refractivity contribution in [3.8, 4) is 11.1 Å². The van der Waals surface area contributed by atoms with Crippen LogP contribution in [0.2, 0.25) is 0 Å². The summed E-state index contributed by atoms with van der Waals surface area (Å²) in [4.78, 5) is 9.22. The number of hydrogen-bond acceptors (Lipinski definition) is 5. The van der Waals surface area contributed by atoms with E-state index in [9.17, 15) is 10.2 Å². The second-order valence-electron chi connectivity index (χ2n) is 8.79. The van der Waals surface area contributed by atoms with Crippen molar-refractivity contribution in [1.29, 1.82) is 0 Å². The molecule has 6 heteroatoms. The first-order chi connectivity index (χ1) is 15.1. The number of fused-ring (bicyclic) bond motifs is 2. The Morgan fingerprint density at radius 2 is 1.71 bits per heavy atom. The lowest BCUT2D eigenvalue weighted by atomic mass is 10.0. The zero-order chi connectivity index (χ0) is 21.2. The lowest BCUT2D eigenvalue weighted by molar-refractivity contribution is -0.0138. The van der Waals surface area contributed by atoms with E-state index in [1.165, 1.54) is 0 Å². The first-order valence-electron chi connectivity index (χ1n) is 10.7. The van der Waals surface area contributed by atoms with Gasteiger partial charge in [-0.1, -0.05) is 55.5 Å². The molecule has 6 rings (SSSR count). The Kier molecular flexibility index (Phi) is 3.97. The number of aliphatic hydroxyl groups is 2. The van der Waals surface area contributed by atoms with Crippen LogP contribution in [0.15, 0.2) is 73.2 Å². The minimum atomic E-state index is -0.813. The highest BCUT2D eigenvalue weighted by molar-refractivity contribution is 6.02. The molecule has 6 nitrogen and oxygen atoms in total. The third-order valence-corrected chi connectivity index (χ3v) is 7.19. The minimum Gasteiger partial charge on any atom is -0.390 e. The Morgan fingerprint density at radius 1 is 1.00 bits per heavy atom. The maximum absolute atomic E-state index is 11.0. The summed E-state index contributed by atoms with van der Waals surface area (Å²) >= 11 is 0. The quantitative estimate of drug-likeness (QED) is 0.473. The van der Waals surface area contributed by atoms with Gasteiger partial charge in [0.15, 0.2) is 0 Å². The molecule has 1 unspecified atom stereocenters. The van der Waals surface area contributed by atoms with E-state index in [0.29, 0.717) is 0 Å². The molecule has 156 valence electrons. The smallest absolute Gasteiger partial charge is 0.146 e. The predicted octanol–water partition coefficient (Wildman–Crippen LogP) is 3.93. The molecular formula is C25H24N4O2. The van der Waals surface area contributed by atoms with Crippen LogP contribution in [0.3, 0.4) is 0 Å². The van der Waals surface area contributed by atoms with Crippen LogP contribution in [0.4, 0.5) is 11.5 Å². The van der Waals surface area contributed by atoms with E-state index >= 15 is 0 Å². The minimum absolute atomic E-state index is 0.0522. The average Bonchev–Trinajstić information content (AvgIpc) is 3.39. The lowest BCUT2D eigenvalue weighted by Gasteiger charge is -2.24. The summed E-state index contributed by atoms with van der Waals surface area (Å²) in [6, 6.07) is 20.1. The Morgan fingerprint density at radius 3 is 2.39 bits per heavy atom. The molecule has 31 heavy (non-hydrogen) atoms. The van der Waals surface area contributed by atoms with Gasteiger partial charge in [0.2, 0.25) is 0 Å². The van der Waals surface area contributed by atoms with Gasteiger partial charge < -0.3 is 20.1 Å². The summed E-state index contributed by atoms with van der Waals surface area (Å²) in [6.45, 7) is 2.02. The van der Waals surface area contributed by atoms with Crippen molar-refractivity contribution in [2.45, 2.75) is 31.1 Å². The maximum atomic E-state index is 11.0. The van der Waals surface area contributed by atoms with Gasteiger partial charge in [-0.15, -0.1) is 0 Å². The van der Waals surface area contributed by atoms with E-state index in [1.54, 1.807) is 6.33 Å². The van der Waals surface area contributed by atoms with Crippen molar-refractivity contribution in [3.05, 3.63) is 73.2 Å². The second-order valence-corrected chi connectivity index (χ2v) is 8.79. The zero-order valence-electron chi connectivity index (χ0n) is 17.2. The van der Waals surface area contributed by atoms with E-state index < -0.39 is 17.7 Å². The standard InChI is InChI=1S/C25H24N4O2/c1-15-19-12-25(19,22(31)21(15)30)29-13-18(16-8-4-2-5-9-16)20-23(26-14-27-24(20)29)28-17-10-6-3-7-11-17/h2-11,13-15,19,21-22,30-31H,12H2,1H3,(H,26,27,28)/t15-,19-,21?,22-,25+/m0/s1. The van der Waals surface area contributed by atoms with E-state index in [4.69, 9.17) is 0 Å². The highest BCUT2D eigenvalue weighted by Crippen LogP contribution is 2.65. The fourth-order valence-electron chi connectivity index (χ4n) is 5.48. The summed E-state index contributed by atoms with van der Waals surface area (Å²) in [5.41, 5.74) is 3.28. The molecule has 2 aliphatic rings. The number of anilines is 2. The number of aliphatic hydroxyl groups excluding tert-OH is 2. The molecule has 0 bridgehead atoms. The molecule has 0 radical (unpaired) electrons. The Hall–Kier alpha value is -3.22. The topological polar surface area (TPSA) is 83.2 Å². The second kappa shape index (κ2) is 6.64. The molecule has 2 aromatic carbocycles. The van der Waals surface area contributed by atoms with Gasteiger partial charge in [0.05, 0.1) is 17.0 Å². The van der Waals surface area contributed by atoms with Crippen LogP contribution in [0.25, 0.3) is 22.2 Å². The molecule has 2 fully saturated rings. The largest absolute Gasteiger partial charge is 0.390 e. The van der Waals surface area contributed by atoms with Crippen molar-refractivity contribution in [2.75, 3.05) is 5.32 Å². The monoisotopic (exact) mass is 412 g/mol. The molecule has 2 heterocycles. The highest BCUT2D eigenvalue weighted by Gasteiger charge is 2.71. The van der Waals surface area contributed by atoms with Gasteiger partial charge in [-0.25, -0.2) is 9.97 Å². The molecule has 0 spiro atoms. The number of benzene rings is 2. The van der Waals surface area contributed by atoms with E-state index in [-0.39, 0.29) is 11.8 Å². The first kappa shape index (κ1) is 18.5. The molecule has 2 saturated carbocycles. The molecule has 4 aromatic rings. The van der Waals surface area contributed by atoms with Gasteiger partial charge >= 0.3 is 0 Å². The zero-order valence-corrected chi connectivity index (χ0v) is 17.2. The number of rotatable bonds is 4. The number of aromatic nitrogens is 3. The van der Waals surface area contributed by atoms with Gasteiger partial charge in [0.1, 0.15) is 23.9 Å². The van der Waals surface area contributed by atoms with Crippen LogP contribution in [0.5, 0.6) is 0 Å². The molecule has 5 atom stereocenters. The Bertz CT molecular complexity index is 1250. The first-order valence-corrected chi connectivity index (χ1v) is 10.7. The molecular weight excluding hydrogens is 388 g/mol. The molecule has 2 aromatic heterocycles. The summed E-state index contributed by atoms with van der Waals surface area (Å²) in [5, 5.41) is 25.9. The molecule has 2 aliphatic carbocycles.